The number of aromatic carboxylic acids is 1. The van der Waals surface area contributed by atoms with Crippen LogP contribution in [0.25, 0.3) is 0 Å². The van der Waals surface area contributed by atoms with Gasteiger partial charge in [-0.05, 0) is 30.3 Å². The molecule has 0 radical (unpaired) electrons. The van der Waals surface area contributed by atoms with Gasteiger partial charge in [-0.25, -0.2) is 4.79 Å². The molecule has 4 nitrogen and oxygen atoms in total. The Labute approximate surface area is 122 Å². The zero-order valence-electron chi connectivity index (χ0n) is 11.5. The fraction of sp³-hybridized carbons (Fsp3) is 0.118. The first-order chi connectivity index (χ1) is 10.2. The Hall–Kier alpha value is -2.93. The lowest BCUT2D eigenvalue weighted by Gasteiger charge is -2.09. The number of hydrogen-bond donors (Lipinski definition) is 1. The molecule has 1 N–H and O–H groups in total. The number of carboxylic acid groups (broad SMARTS) is 1. The monoisotopic (exact) mass is 282 g/mol. The Morgan fingerprint density at radius 1 is 1.14 bits per heavy atom. The van der Waals surface area contributed by atoms with Crippen LogP contribution in [0.4, 0.5) is 0 Å². The van der Waals surface area contributed by atoms with Crippen LogP contribution < -0.4 is 9.47 Å². The molecule has 0 aliphatic heterocycles. The number of carbonyl (C=O) groups is 1. The van der Waals surface area contributed by atoms with Crippen molar-refractivity contribution in [3.63, 3.8) is 0 Å². The highest BCUT2D eigenvalue weighted by atomic mass is 16.5. The first-order valence-corrected chi connectivity index (χ1v) is 6.29. The highest BCUT2D eigenvalue weighted by Gasteiger charge is 2.09. The van der Waals surface area contributed by atoms with Crippen LogP contribution in [0.1, 0.15) is 15.9 Å². The summed E-state index contributed by atoms with van der Waals surface area (Å²) in [6.07, 6.45) is 0. The second-order valence-electron chi connectivity index (χ2n) is 4.13. The van der Waals surface area contributed by atoms with Crippen molar-refractivity contribution in [3.05, 3.63) is 59.7 Å². The van der Waals surface area contributed by atoms with Crippen LogP contribution in [0.2, 0.25) is 0 Å². The first-order valence-electron chi connectivity index (χ1n) is 6.29. The standard InChI is InChI=1S/C17H14O4/c1-20-15-10-9-14(17(18)19)12-16(15)21-11-5-8-13-6-3-2-4-7-13/h2-4,6-7,9-10,12H,11H2,1H3,(H,18,19). The summed E-state index contributed by atoms with van der Waals surface area (Å²) < 4.78 is 10.6. The fourth-order valence-electron chi connectivity index (χ4n) is 1.70. The number of hydrogen-bond acceptors (Lipinski definition) is 3. The van der Waals surface area contributed by atoms with Gasteiger partial charge >= 0.3 is 5.97 Å². The molecule has 0 spiro atoms. The van der Waals surface area contributed by atoms with Crippen molar-refractivity contribution in [1.82, 2.24) is 0 Å². The minimum atomic E-state index is -1.02. The van der Waals surface area contributed by atoms with E-state index in [0.29, 0.717) is 11.5 Å². The summed E-state index contributed by atoms with van der Waals surface area (Å²) >= 11 is 0. The Balaban J connectivity index is 2.07. The van der Waals surface area contributed by atoms with Gasteiger partial charge in [0.05, 0.1) is 12.7 Å². The van der Waals surface area contributed by atoms with Crippen LogP contribution in [0.15, 0.2) is 48.5 Å². The summed E-state index contributed by atoms with van der Waals surface area (Å²) in [5, 5.41) is 8.97. The molecule has 0 amide bonds. The molecule has 2 aromatic carbocycles. The van der Waals surface area contributed by atoms with Crippen LogP contribution in [-0.4, -0.2) is 24.8 Å². The maximum absolute atomic E-state index is 10.9. The number of benzene rings is 2. The second-order valence-corrected chi connectivity index (χ2v) is 4.13. The molecule has 0 bridgehead atoms. The van der Waals surface area contributed by atoms with Crippen LogP contribution in [0.5, 0.6) is 11.5 Å². The third kappa shape index (κ3) is 4.02. The molecule has 0 fully saturated rings. The van der Waals surface area contributed by atoms with Crippen molar-refractivity contribution >= 4 is 5.97 Å². The summed E-state index contributed by atoms with van der Waals surface area (Å²) in [6.45, 7) is 0.147. The predicted molar refractivity (Wildman–Crippen MR) is 78.8 cm³/mol. The molecule has 0 aliphatic rings. The summed E-state index contributed by atoms with van der Waals surface area (Å²) in [5.41, 5.74) is 1.04. The maximum atomic E-state index is 10.9. The molecule has 2 rings (SSSR count). The van der Waals surface area contributed by atoms with Gasteiger partial charge in [-0.2, -0.15) is 0 Å². The van der Waals surface area contributed by atoms with E-state index in [1.165, 1.54) is 19.2 Å². The molecule has 106 valence electrons. The summed E-state index contributed by atoms with van der Waals surface area (Å²) in [7, 11) is 1.50. The third-order valence-corrected chi connectivity index (χ3v) is 2.72. The van der Waals surface area contributed by atoms with Crippen molar-refractivity contribution in [1.29, 1.82) is 0 Å². The SMILES string of the molecule is COc1ccc(C(=O)O)cc1OCC#Cc1ccccc1. The minimum absolute atomic E-state index is 0.141. The smallest absolute Gasteiger partial charge is 0.335 e. The largest absolute Gasteiger partial charge is 0.493 e. The lowest BCUT2D eigenvalue weighted by Crippen LogP contribution is -2.01. The number of carboxylic acids is 1. The van der Waals surface area contributed by atoms with E-state index in [1.807, 2.05) is 30.3 Å². The molecule has 0 unspecified atom stereocenters. The molecule has 0 aromatic heterocycles. The van der Waals surface area contributed by atoms with Gasteiger partial charge < -0.3 is 14.6 Å². The van der Waals surface area contributed by atoms with Gasteiger partial charge in [-0.3, -0.25) is 0 Å². The van der Waals surface area contributed by atoms with Crippen molar-refractivity contribution in [2.45, 2.75) is 0 Å². The van der Waals surface area contributed by atoms with E-state index in [-0.39, 0.29) is 12.2 Å². The van der Waals surface area contributed by atoms with E-state index in [9.17, 15) is 4.79 Å². The van der Waals surface area contributed by atoms with E-state index >= 15 is 0 Å². The van der Waals surface area contributed by atoms with Crippen LogP contribution in [-0.2, 0) is 0 Å². The average Bonchev–Trinajstić information content (AvgIpc) is 2.52. The number of ether oxygens (including phenoxy) is 2. The van der Waals surface area contributed by atoms with Crippen LogP contribution in [0.3, 0.4) is 0 Å². The van der Waals surface area contributed by atoms with Gasteiger partial charge in [0.2, 0.25) is 0 Å². The molecule has 0 aliphatic carbocycles. The molecule has 21 heavy (non-hydrogen) atoms. The van der Waals surface area contributed by atoms with Gasteiger partial charge in [0.15, 0.2) is 11.5 Å². The molecule has 0 heterocycles. The van der Waals surface area contributed by atoms with E-state index in [4.69, 9.17) is 14.6 Å². The molecule has 2 aromatic rings. The molecular weight excluding hydrogens is 268 g/mol. The average molecular weight is 282 g/mol. The lowest BCUT2D eigenvalue weighted by molar-refractivity contribution is 0.0696. The number of rotatable bonds is 4. The Morgan fingerprint density at radius 3 is 2.57 bits per heavy atom. The Morgan fingerprint density at radius 2 is 1.90 bits per heavy atom. The highest BCUT2D eigenvalue weighted by Crippen LogP contribution is 2.27. The van der Waals surface area contributed by atoms with Crippen molar-refractivity contribution in [2.24, 2.45) is 0 Å². The normalized spacial score (nSPS) is 9.38. The first kappa shape index (κ1) is 14.5. The van der Waals surface area contributed by atoms with Gasteiger partial charge in [-0.1, -0.05) is 30.0 Å². The summed E-state index contributed by atoms with van der Waals surface area (Å²) in [6, 6.07) is 14.0. The van der Waals surface area contributed by atoms with E-state index in [0.717, 1.165) is 5.56 Å². The Kier molecular flexibility index (Phi) is 4.84. The molecule has 0 saturated heterocycles. The molecular formula is C17H14O4. The number of methoxy groups -OCH3 is 1. The highest BCUT2D eigenvalue weighted by molar-refractivity contribution is 5.88. The third-order valence-electron chi connectivity index (χ3n) is 2.72. The van der Waals surface area contributed by atoms with Crippen LogP contribution >= 0.6 is 0 Å². The minimum Gasteiger partial charge on any atom is -0.493 e. The Bertz CT molecular complexity index is 681. The van der Waals surface area contributed by atoms with Gasteiger partial charge in [0.25, 0.3) is 0 Å². The molecule has 0 saturated carbocycles. The zero-order chi connectivity index (χ0) is 15.1. The quantitative estimate of drug-likeness (QED) is 0.876. The van der Waals surface area contributed by atoms with Crippen LogP contribution in [0, 0.1) is 11.8 Å². The summed E-state index contributed by atoms with van der Waals surface area (Å²) in [4.78, 5) is 10.9. The van der Waals surface area contributed by atoms with E-state index < -0.39 is 5.97 Å². The lowest BCUT2D eigenvalue weighted by atomic mass is 10.2. The maximum Gasteiger partial charge on any atom is 0.335 e. The van der Waals surface area contributed by atoms with Gasteiger partial charge in [-0.15, -0.1) is 0 Å². The van der Waals surface area contributed by atoms with Crippen molar-refractivity contribution < 1.29 is 19.4 Å². The second kappa shape index (κ2) is 7.01. The predicted octanol–water partition coefficient (Wildman–Crippen LogP) is 2.82. The topological polar surface area (TPSA) is 55.8 Å². The van der Waals surface area contributed by atoms with E-state index in [2.05, 4.69) is 11.8 Å². The van der Waals surface area contributed by atoms with Gasteiger partial charge in [0.1, 0.15) is 6.61 Å². The van der Waals surface area contributed by atoms with E-state index in [1.54, 1.807) is 6.07 Å². The summed E-state index contributed by atoms with van der Waals surface area (Å²) in [5.74, 6) is 5.65. The van der Waals surface area contributed by atoms with Gasteiger partial charge in [0, 0.05) is 5.56 Å². The van der Waals surface area contributed by atoms with Crippen molar-refractivity contribution in [2.75, 3.05) is 13.7 Å². The molecule has 4 heteroatoms. The molecule has 0 atom stereocenters. The van der Waals surface area contributed by atoms with Crippen molar-refractivity contribution in [3.8, 4) is 23.3 Å². The zero-order valence-corrected chi connectivity index (χ0v) is 11.5. The fourth-order valence-corrected chi connectivity index (χ4v) is 1.70.